The van der Waals surface area contributed by atoms with Gasteiger partial charge in [0.1, 0.15) is 0 Å². The molecule has 0 aromatic heterocycles. The number of halogens is 2. The summed E-state index contributed by atoms with van der Waals surface area (Å²) in [4.78, 5) is 0. The van der Waals surface area contributed by atoms with Crippen molar-refractivity contribution >= 4 is 0 Å². The van der Waals surface area contributed by atoms with E-state index in [-0.39, 0.29) is 5.41 Å². The second-order valence-electron chi connectivity index (χ2n) is 5.66. The van der Waals surface area contributed by atoms with Gasteiger partial charge >= 0.3 is 0 Å². The Hall–Kier alpha value is -1.00. The van der Waals surface area contributed by atoms with E-state index in [0.29, 0.717) is 6.61 Å². The molecule has 0 spiro atoms. The molecule has 0 amide bonds. The molecule has 1 aromatic rings. The molecule has 114 valence electrons. The van der Waals surface area contributed by atoms with Crippen molar-refractivity contribution in [3.63, 3.8) is 0 Å². The van der Waals surface area contributed by atoms with Crippen LogP contribution in [0, 0.1) is 17.0 Å². The Kier molecular flexibility index (Phi) is 7.10. The van der Waals surface area contributed by atoms with Crippen LogP contribution in [0.5, 0.6) is 0 Å². The average molecular weight is 285 g/mol. The summed E-state index contributed by atoms with van der Waals surface area (Å²) in [7, 11) is 1.67. The molecule has 0 saturated heterocycles. The molecule has 1 rings (SSSR count). The maximum absolute atomic E-state index is 13.3. The smallest absolute Gasteiger partial charge is 0.159 e. The first kappa shape index (κ1) is 17.1. The number of ether oxygens (including phenoxy) is 1. The van der Waals surface area contributed by atoms with Crippen LogP contribution in [0.2, 0.25) is 0 Å². The van der Waals surface area contributed by atoms with Crippen LogP contribution < -0.4 is 5.32 Å². The SMILES string of the molecule is CCCC(C)(CNCCOC)Cc1ccc(F)c(F)c1. The van der Waals surface area contributed by atoms with Crippen LogP contribution in [-0.4, -0.2) is 26.8 Å². The van der Waals surface area contributed by atoms with Crippen molar-refractivity contribution in [2.75, 3.05) is 26.8 Å². The van der Waals surface area contributed by atoms with Crippen LogP contribution in [-0.2, 0) is 11.2 Å². The van der Waals surface area contributed by atoms with Gasteiger partial charge in [-0.3, -0.25) is 0 Å². The minimum Gasteiger partial charge on any atom is -0.383 e. The van der Waals surface area contributed by atoms with Crippen molar-refractivity contribution < 1.29 is 13.5 Å². The Morgan fingerprint density at radius 3 is 2.60 bits per heavy atom. The topological polar surface area (TPSA) is 21.3 Å². The summed E-state index contributed by atoms with van der Waals surface area (Å²) < 4.78 is 31.3. The molecule has 1 atom stereocenters. The third kappa shape index (κ3) is 5.55. The van der Waals surface area contributed by atoms with E-state index in [1.165, 1.54) is 12.1 Å². The normalized spacial score (nSPS) is 14.2. The zero-order valence-electron chi connectivity index (χ0n) is 12.6. The highest BCUT2D eigenvalue weighted by molar-refractivity contribution is 5.19. The van der Waals surface area contributed by atoms with Crippen LogP contribution in [0.1, 0.15) is 32.3 Å². The van der Waals surface area contributed by atoms with Gasteiger partial charge in [0.25, 0.3) is 0 Å². The first-order valence-electron chi connectivity index (χ1n) is 7.14. The van der Waals surface area contributed by atoms with E-state index >= 15 is 0 Å². The number of rotatable bonds is 9. The number of hydrogen-bond acceptors (Lipinski definition) is 2. The van der Waals surface area contributed by atoms with Gasteiger partial charge in [-0.15, -0.1) is 0 Å². The fraction of sp³-hybridized carbons (Fsp3) is 0.625. The molecule has 0 radical (unpaired) electrons. The van der Waals surface area contributed by atoms with Gasteiger partial charge in [0.2, 0.25) is 0 Å². The lowest BCUT2D eigenvalue weighted by molar-refractivity contribution is 0.190. The lowest BCUT2D eigenvalue weighted by Crippen LogP contribution is -2.35. The molecule has 4 heteroatoms. The van der Waals surface area contributed by atoms with Crippen molar-refractivity contribution in [3.8, 4) is 0 Å². The van der Waals surface area contributed by atoms with E-state index in [1.54, 1.807) is 13.2 Å². The molecule has 0 aliphatic heterocycles. The van der Waals surface area contributed by atoms with Gasteiger partial charge in [-0.05, 0) is 36.0 Å². The summed E-state index contributed by atoms with van der Waals surface area (Å²) >= 11 is 0. The van der Waals surface area contributed by atoms with Crippen LogP contribution in [0.3, 0.4) is 0 Å². The maximum atomic E-state index is 13.3. The second kappa shape index (κ2) is 8.32. The van der Waals surface area contributed by atoms with E-state index in [2.05, 4.69) is 19.2 Å². The molecular formula is C16H25F2NO. The lowest BCUT2D eigenvalue weighted by atomic mass is 9.79. The quantitative estimate of drug-likeness (QED) is 0.701. The summed E-state index contributed by atoms with van der Waals surface area (Å²) in [6.45, 7) is 6.63. The summed E-state index contributed by atoms with van der Waals surface area (Å²) in [5.74, 6) is -1.56. The van der Waals surface area contributed by atoms with Crippen molar-refractivity contribution in [2.24, 2.45) is 5.41 Å². The highest BCUT2D eigenvalue weighted by Crippen LogP contribution is 2.28. The first-order chi connectivity index (χ1) is 9.50. The molecule has 0 heterocycles. The molecule has 2 nitrogen and oxygen atoms in total. The van der Waals surface area contributed by atoms with E-state index < -0.39 is 11.6 Å². The van der Waals surface area contributed by atoms with Crippen molar-refractivity contribution in [1.82, 2.24) is 5.32 Å². The Morgan fingerprint density at radius 2 is 2.00 bits per heavy atom. The second-order valence-corrected chi connectivity index (χ2v) is 5.66. The Labute approximate surface area is 120 Å². The summed E-state index contributed by atoms with van der Waals surface area (Å²) in [5, 5.41) is 3.37. The van der Waals surface area contributed by atoms with Gasteiger partial charge in [-0.25, -0.2) is 8.78 Å². The third-order valence-electron chi connectivity index (χ3n) is 3.50. The fourth-order valence-electron chi connectivity index (χ4n) is 2.55. The summed E-state index contributed by atoms with van der Waals surface area (Å²) in [5.41, 5.74) is 0.876. The highest BCUT2D eigenvalue weighted by atomic mass is 19.2. The molecule has 1 unspecified atom stereocenters. The van der Waals surface area contributed by atoms with Gasteiger partial charge in [0.15, 0.2) is 11.6 Å². The van der Waals surface area contributed by atoms with E-state index in [1.807, 2.05) is 0 Å². The standard InChI is InChI=1S/C16H25F2NO/c1-4-7-16(2,12-19-8-9-20-3)11-13-5-6-14(17)15(18)10-13/h5-6,10,19H,4,7-9,11-12H2,1-3H3. The monoisotopic (exact) mass is 285 g/mol. The minimum absolute atomic E-state index is 0.0345. The number of hydrogen-bond donors (Lipinski definition) is 1. The molecule has 20 heavy (non-hydrogen) atoms. The van der Waals surface area contributed by atoms with Crippen LogP contribution in [0.15, 0.2) is 18.2 Å². The van der Waals surface area contributed by atoms with Crippen molar-refractivity contribution in [1.29, 1.82) is 0 Å². The van der Waals surface area contributed by atoms with Gasteiger partial charge < -0.3 is 10.1 Å². The van der Waals surface area contributed by atoms with E-state index in [0.717, 1.165) is 37.9 Å². The summed E-state index contributed by atoms with van der Waals surface area (Å²) in [6.07, 6.45) is 2.83. The molecule has 1 N–H and O–H groups in total. The molecule has 0 saturated carbocycles. The van der Waals surface area contributed by atoms with Crippen LogP contribution in [0.4, 0.5) is 8.78 Å². The first-order valence-corrected chi connectivity index (χ1v) is 7.14. The minimum atomic E-state index is -0.788. The zero-order valence-corrected chi connectivity index (χ0v) is 12.6. The third-order valence-corrected chi connectivity index (χ3v) is 3.50. The Bertz CT molecular complexity index is 411. The van der Waals surface area contributed by atoms with Crippen LogP contribution >= 0.6 is 0 Å². The number of nitrogens with one attached hydrogen (secondary N) is 1. The van der Waals surface area contributed by atoms with Crippen LogP contribution in [0.25, 0.3) is 0 Å². The van der Waals surface area contributed by atoms with Gasteiger partial charge in [0.05, 0.1) is 6.61 Å². The lowest BCUT2D eigenvalue weighted by Gasteiger charge is -2.30. The molecule has 0 aliphatic carbocycles. The predicted molar refractivity (Wildman–Crippen MR) is 77.8 cm³/mol. The predicted octanol–water partition coefficient (Wildman–Crippen LogP) is 3.55. The zero-order chi connectivity index (χ0) is 15.0. The van der Waals surface area contributed by atoms with Gasteiger partial charge in [-0.1, -0.05) is 26.3 Å². The van der Waals surface area contributed by atoms with Crippen molar-refractivity contribution in [2.45, 2.75) is 33.1 Å². The maximum Gasteiger partial charge on any atom is 0.159 e. The molecule has 1 aromatic carbocycles. The number of methoxy groups -OCH3 is 1. The Balaban J connectivity index is 2.66. The van der Waals surface area contributed by atoms with E-state index in [4.69, 9.17) is 4.74 Å². The largest absolute Gasteiger partial charge is 0.383 e. The van der Waals surface area contributed by atoms with Gasteiger partial charge in [-0.2, -0.15) is 0 Å². The number of benzene rings is 1. The average Bonchev–Trinajstić information content (AvgIpc) is 2.39. The molecule has 0 aliphatic rings. The van der Waals surface area contributed by atoms with E-state index in [9.17, 15) is 8.78 Å². The van der Waals surface area contributed by atoms with Gasteiger partial charge in [0, 0.05) is 20.2 Å². The fourth-order valence-corrected chi connectivity index (χ4v) is 2.55. The molecular weight excluding hydrogens is 260 g/mol. The molecule has 0 bridgehead atoms. The highest BCUT2D eigenvalue weighted by Gasteiger charge is 2.23. The summed E-state index contributed by atoms with van der Waals surface area (Å²) in [6, 6.07) is 4.18. The Morgan fingerprint density at radius 1 is 1.25 bits per heavy atom. The van der Waals surface area contributed by atoms with Crippen molar-refractivity contribution in [3.05, 3.63) is 35.4 Å². The molecule has 0 fully saturated rings.